The number of para-hydroxylation sites is 2. The second-order valence-electron chi connectivity index (χ2n) is 8.09. The molecule has 3 rings (SSSR count). The minimum absolute atomic E-state index is 0.935. The number of hydrogen-bond donors (Lipinski definition) is 0. The van der Waals surface area contributed by atoms with Gasteiger partial charge in [0.25, 0.3) is 0 Å². The van der Waals surface area contributed by atoms with Gasteiger partial charge in [-0.1, -0.05) is 99.3 Å². The highest BCUT2D eigenvalue weighted by atomic mass is 15.4. The second kappa shape index (κ2) is 11.6. The van der Waals surface area contributed by atoms with Crippen LogP contribution in [0.25, 0.3) is 0 Å². The Morgan fingerprint density at radius 2 is 1.00 bits per heavy atom. The van der Waals surface area contributed by atoms with Gasteiger partial charge in [0.05, 0.1) is 13.1 Å². The topological polar surface area (TPSA) is 0 Å². The van der Waals surface area contributed by atoms with Crippen LogP contribution in [0.1, 0.15) is 51.0 Å². The molecule has 0 radical (unpaired) electrons. The largest absolute Gasteiger partial charge is 0.258 e. The van der Waals surface area contributed by atoms with E-state index in [-0.39, 0.29) is 0 Å². The fourth-order valence-corrected chi connectivity index (χ4v) is 4.33. The van der Waals surface area contributed by atoms with Gasteiger partial charge in [0.15, 0.2) is 0 Å². The van der Waals surface area contributed by atoms with Gasteiger partial charge in [-0.15, -0.1) is 0 Å². The molecule has 0 bridgehead atoms. The third-order valence-electron chi connectivity index (χ3n) is 6.02. The molecule has 0 saturated carbocycles. The summed E-state index contributed by atoms with van der Waals surface area (Å²) in [5, 5.41) is 0. The van der Waals surface area contributed by atoms with Crippen LogP contribution in [0.2, 0.25) is 0 Å². The van der Waals surface area contributed by atoms with Gasteiger partial charge in [0.1, 0.15) is 11.4 Å². The van der Waals surface area contributed by atoms with E-state index in [2.05, 4.69) is 97.9 Å². The Morgan fingerprint density at radius 1 is 0.517 bits per heavy atom. The average molecular weight is 387 g/mol. The molecule has 0 unspecified atom stereocenters. The van der Waals surface area contributed by atoms with Crippen molar-refractivity contribution < 1.29 is 0 Å². The molecular formula is C28H36N+. The van der Waals surface area contributed by atoms with E-state index in [4.69, 9.17) is 0 Å². The summed E-state index contributed by atoms with van der Waals surface area (Å²) in [5.74, 6) is 0. The van der Waals surface area contributed by atoms with E-state index in [1.54, 1.807) is 0 Å². The number of benzene rings is 3. The van der Waals surface area contributed by atoms with Crippen molar-refractivity contribution in [3.05, 3.63) is 96.6 Å². The average Bonchev–Trinajstić information content (AvgIpc) is 2.80. The van der Waals surface area contributed by atoms with Crippen molar-refractivity contribution in [2.75, 3.05) is 13.1 Å². The molecule has 0 atom stereocenters. The Morgan fingerprint density at radius 3 is 1.55 bits per heavy atom. The molecule has 0 spiro atoms. The molecule has 1 heteroatoms. The van der Waals surface area contributed by atoms with Crippen molar-refractivity contribution in [3.63, 3.8) is 0 Å². The van der Waals surface area contributed by atoms with Gasteiger partial charge < -0.3 is 0 Å². The van der Waals surface area contributed by atoms with E-state index in [0.717, 1.165) is 24.0 Å². The lowest BCUT2D eigenvalue weighted by atomic mass is 10.0. The van der Waals surface area contributed by atoms with Crippen LogP contribution >= 0.6 is 0 Å². The van der Waals surface area contributed by atoms with Crippen LogP contribution in [0.5, 0.6) is 0 Å². The van der Waals surface area contributed by atoms with Gasteiger partial charge >= 0.3 is 0 Å². The molecule has 0 aliphatic heterocycles. The second-order valence-corrected chi connectivity index (χ2v) is 8.09. The first kappa shape index (κ1) is 21.3. The predicted molar refractivity (Wildman–Crippen MR) is 128 cm³/mol. The zero-order valence-corrected chi connectivity index (χ0v) is 18.0. The molecule has 0 N–H and O–H groups in total. The zero-order chi connectivity index (χ0) is 20.2. The van der Waals surface area contributed by atoms with Crippen molar-refractivity contribution >= 4 is 11.4 Å². The fourth-order valence-electron chi connectivity index (χ4n) is 4.33. The molecule has 29 heavy (non-hydrogen) atoms. The number of hydrogen-bond acceptors (Lipinski definition) is 0. The summed E-state index contributed by atoms with van der Waals surface area (Å²) in [6, 6.07) is 33.2. The quantitative estimate of drug-likeness (QED) is 0.219. The summed E-state index contributed by atoms with van der Waals surface area (Å²) in [7, 11) is 0. The Kier molecular flexibility index (Phi) is 8.52. The Hall–Kier alpha value is -2.38. The summed E-state index contributed by atoms with van der Waals surface area (Å²) in [5.41, 5.74) is 4.23. The minimum Gasteiger partial charge on any atom is -0.258 e. The van der Waals surface area contributed by atoms with Crippen molar-refractivity contribution in [3.8, 4) is 0 Å². The monoisotopic (exact) mass is 386 g/mol. The van der Waals surface area contributed by atoms with Gasteiger partial charge in [0, 0.05) is 6.42 Å². The van der Waals surface area contributed by atoms with Crippen LogP contribution in [0.15, 0.2) is 91.0 Å². The number of rotatable bonds is 12. The zero-order valence-electron chi connectivity index (χ0n) is 18.0. The molecule has 0 aromatic heterocycles. The molecule has 0 aliphatic rings. The molecule has 3 aromatic carbocycles. The van der Waals surface area contributed by atoms with E-state index in [9.17, 15) is 0 Å². The van der Waals surface area contributed by atoms with Gasteiger partial charge in [-0.2, -0.15) is 0 Å². The molecule has 0 saturated heterocycles. The lowest BCUT2D eigenvalue weighted by Gasteiger charge is -2.38. The lowest BCUT2D eigenvalue weighted by Crippen LogP contribution is -2.46. The Bertz CT molecular complexity index is 756. The minimum atomic E-state index is 0.935. The van der Waals surface area contributed by atoms with E-state index < -0.39 is 0 Å². The van der Waals surface area contributed by atoms with Gasteiger partial charge in [-0.3, -0.25) is 4.48 Å². The third-order valence-corrected chi connectivity index (χ3v) is 6.02. The molecule has 0 fully saturated rings. The van der Waals surface area contributed by atoms with Crippen LogP contribution in [0, 0.1) is 0 Å². The molecule has 3 aromatic rings. The van der Waals surface area contributed by atoms with Crippen LogP contribution in [0.4, 0.5) is 11.4 Å². The molecule has 0 amide bonds. The van der Waals surface area contributed by atoms with Crippen LogP contribution in [0.3, 0.4) is 0 Å². The fraction of sp³-hybridized carbons (Fsp3) is 0.357. The standard InChI is InChI=1S/C28H36N/c1-2-3-4-5-6-16-24-29(27-19-12-8-13-20-27,28-21-14-9-15-22-28)25-23-26-17-10-7-11-18-26/h7-15,17-22H,2-6,16,23-25H2,1H3/q+1. The van der Waals surface area contributed by atoms with Crippen LogP contribution in [-0.2, 0) is 6.42 Å². The first-order valence-electron chi connectivity index (χ1n) is 11.4. The van der Waals surface area contributed by atoms with E-state index in [1.165, 1.54) is 55.5 Å². The molecule has 1 nitrogen and oxygen atoms in total. The summed E-state index contributed by atoms with van der Waals surface area (Å²) >= 11 is 0. The van der Waals surface area contributed by atoms with E-state index in [1.807, 2.05) is 0 Å². The predicted octanol–water partition coefficient (Wildman–Crippen LogP) is 7.93. The summed E-state index contributed by atoms with van der Waals surface area (Å²) < 4.78 is 0.935. The third kappa shape index (κ3) is 6.05. The SMILES string of the molecule is CCCCCCCC[N+](CCc1ccccc1)(c1ccccc1)c1ccccc1. The Labute approximate surface area is 177 Å². The number of quaternary nitrogens is 1. The molecular weight excluding hydrogens is 350 g/mol. The highest BCUT2D eigenvalue weighted by Crippen LogP contribution is 2.35. The molecule has 0 aliphatic carbocycles. The summed E-state index contributed by atoms with van der Waals surface area (Å²) in [6.07, 6.45) is 9.08. The number of unbranched alkanes of at least 4 members (excludes halogenated alkanes) is 5. The highest BCUT2D eigenvalue weighted by molar-refractivity contribution is 5.58. The maximum atomic E-state index is 2.31. The highest BCUT2D eigenvalue weighted by Gasteiger charge is 2.32. The maximum absolute atomic E-state index is 2.31. The van der Waals surface area contributed by atoms with Crippen molar-refractivity contribution in [2.24, 2.45) is 0 Å². The summed E-state index contributed by atoms with van der Waals surface area (Å²) in [4.78, 5) is 0. The molecule has 152 valence electrons. The van der Waals surface area contributed by atoms with Crippen molar-refractivity contribution in [1.29, 1.82) is 0 Å². The Balaban J connectivity index is 1.86. The van der Waals surface area contributed by atoms with Gasteiger partial charge in [0.2, 0.25) is 0 Å². The van der Waals surface area contributed by atoms with Gasteiger partial charge in [-0.25, -0.2) is 0 Å². The van der Waals surface area contributed by atoms with Crippen LogP contribution < -0.4 is 4.48 Å². The maximum Gasteiger partial charge on any atom is 0.137 e. The lowest BCUT2D eigenvalue weighted by molar-refractivity contribution is 0.369. The number of nitrogens with zero attached hydrogens (tertiary/aromatic N) is 1. The smallest absolute Gasteiger partial charge is 0.137 e. The van der Waals surface area contributed by atoms with Crippen molar-refractivity contribution in [1.82, 2.24) is 4.48 Å². The normalized spacial score (nSPS) is 11.5. The first-order chi connectivity index (χ1) is 14.3. The van der Waals surface area contributed by atoms with E-state index >= 15 is 0 Å². The van der Waals surface area contributed by atoms with Crippen LogP contribution in [-0.4, -0.2) is 13.1 Å². The van der Waals surface area contributed by atoms with Gasteiger partial charge in [-0.05, 0) is 42.7 Å². The molecule has 0 heterocycles. The van der Waals surface area contributed by atoms with Crippen molar-refractivity contribution in [2.45, 2.75) is 51.9 Å². The first-order valence-corrected chi connectivity index (χ1v) is 11.4. The summed E-state index contributed by atoms with van der Waals surface area (Å²) in [6.45, 7) is 4.54. The van der Waals surface area contributed by atoms with E-state index in [0.29, 0.717) is 0 Å².